The molecule has 0 spiro atoms. The average molecular weight is 214 g/mol. The first-order valence-corrected chi connectivity index (χ1v) is 5.54. The van der Waals surface area contributed by atoms with Crippen LogP contribution >= 0.6 is 0 Å². The Morgan fingerprint density at radius 2 is 2.00 bits per heavy atom. The third-order valence-corrected chi connectivity index (χ3v) is 2.89. The molecule has 4 heteroatoms. The molecule has 0 saturated carbocycles. The third kappa shape index (κ3) is 3.57. The van der Waals surface area contributed by atoms with Gasteiger partial charge in [0, 0.05) is 14.2 Å². The summed E-state index contributed by atoms with van der Waals surface area (Å²) in [6.45, 7) is 0. The van der Waals surface area contributed by atoms with Gasteiger partial charge >= 0.3 is 0 Å². The van der Waals surface area contributed by atoms with E-state index in [2.05, 4.69) is 11.5 Å². The molecule has 0 aliphatic heterocycles. The van der Waals surface area contributed by atoms with Gasteiger partial charge in [-0.1, -0.05) is 18.1 Å². The van der Waals surface area contributed by atoms with Gasteiger partial charge in [-0.15, -0.1) is 0 Å². The quantitative estimate of drug-likeness (QED) is 0.314. The van der Waals surface area contributed by atoms with Crippen molar-refractivity contribution >= 4 is 0 Å². The number of hydrogen-bond acceptors (Lipinski definition) is 4. The molecule has 0 bridgehead atoms. The van der Waals surface area contributed by atoms with E-state index < -0.39 is 0 Å². The summed E-state index contributed by atoms with van der Waals surface area (Å²) in [5.41, 5.74) is 4.09. The Balaban J connectivity index is 2.66. The van der Waals surface area contributed by atoms with Gasteiger partial charge in [0.2, 0.25) is 0 Å². The minimum absolute atomic E-state index is 0.0295. The fourth-order valence-electron chi connectivity index (χ4n) is 2.05. The van der Waals surface area contributed by atoms with Crippen LogP contribution in [-0.4, -0.2) is 26.6 Å². The second-order valence-corrected chi connectivity index (χ2v) is 3.86. The van der Waals surface area contributed by atoms with Crippen LogP contribution in [0, 0.1) is 0 Å². The SMILES string of the molecule is COC(OC)C(NN)C1=CCCCCC1. The molecule has 1 unspecified atom stereocenters. The molecule has 0 fully saturated rings. The Hall–Kier alpha value is -0.420. The number of hydrazine groups is 1. The van der Waals surface area contributed by atoms with Crippen LogP contribution in [0.2, 0.25) is 0 Å². The van der Waals surface area contributed by atoms with Crippen molar-refractivity contribution in [2.24, 2.45) is 5.84 Å². The number of nitrogens with two attached hydrogens (primary N) is 1. The summed E-state index contributed by atoms with van der Waals surface area (Å²) < 4.78 is 10.5. The molecule has 1 rings (SSSR count). The summed E-state index contributed by atoms with van der Waals surface area (Å²) in [4.78, 5) is 0. The van der Waals surface area contributed by atoms with Gasteiger partial charge in [-0.25, -0.2) is 5.43 Å². The monoisotopic (exact) mass is 214 g/mol. The minimum Gasteiger partial charge on any atom is -0.354 e. The zero-order valence-corrected chi connectivity index (χ0v) is 9.66. The molecule has 0 aromatic carbocycles. The molecular formula is C11H22N2O2. The van der Waals surface area contributed by atoms with E-state index in [0.29, 0.717) is 0 Å². The van der Waals surface area contributed by atoms with Crippen molar-refractivity contribution in [3.05, 3.63) is 11.6 Å². The van der Waals surface area contributed by atoms with Crippen molar-refractivity contribution in [2.45, 2.75) is 44.4 Å². The minimum atomic E-state index is -0.306. The lowest BCUT2D eigenvalue weighted by molar-refractivity contribution is -0.116. The van der Waals surface area contributed by atoms with Crippen molar-refractivity contribution < 1.29 is 9.47 Å². The predicted molar refractivity (Wildman–Crippen MR) is 60.1 cm³/mol. The zero-order valence-electron chi connectivity index (χ0n) is 9.66. The van der Waals surface area contributed by atoms with E-state index in [1.54, 1.807) is 14.2 Å². The van der Waals surface area contributed by atoms with Crippen LogP contribution in [0.1, 0.15) is 32.1 Å². The Morgan fingerprint density at radius 1 is 1.27 bits per heavy atom. The highest BCUT2D eigenvalue weighted by Crippen LogP contribution is 2.22. The first-order valence-electron chi connectivity index (χ1n) is 5.54. The van der Waals surface area contributed by atoms with E-state index >= 15 is 0 Å². The van der Waals surface area contributed by atoms with Crippen molar-refractivity contribution in [1.29, 1.82) is 0 Å². The molecular weight excluding hydrogens is 192 g/mol. The largest absolute Gasteiger partial charge is 0.354 e. The molecule has 88 valence electrons. The van der Waals surface area contributed by atoms with E-state index in [-0.39, 0.29) is 12.3 Å². The van der Waals surface area contributed by atoms with Gasteiger partial charge in [-0.05, 0) is 25.7 Å². The van der Waals surface area contributed by atoms with Crippen molar-refractivity contribution in [3.8, 4) is 0 Å². The summed E-state index contributed by atoms with van der Waals surface area (Å²) in [7, 11) is 3.27. The summed E-state index contributed by atoms with van der Waals surface area (Å²) in [6.07, 6.45) is 7.96. The predicted octanol–water partition coefficient (Wildman–Crippen LogP) is 1.33. The molecule has 1 aliphatic rings. The maximum Gasteiger partial charge on any atom is 0.177 e. The topological polar surface area (TPSA) is 56.5 Å². The smallest absolute Gasteiger partial charge is 0.177 e. The van der Waals surface area contributed by atoms with Crippen molar-refractivity contribution in [1.82, 2.24) is 5.43 Å². The van der Waals surface area contributed by atoms with Gasteiger partial charge in [0.25, 0.3) is 0 Å². The first kappa shape index (κ1) is 12.6. The Kier molecular flexibility index (Phi) is 5.86. The molecule has 0 heterocycles. The molecule has 1 aliphatic carbocycles. The summed E-state index contributed by atoms with van der Waals surface area (Å²) in [5, 5.41) is 0. The standard InChI is InChI=1S/C11H22N2O2/c1-14-11(15-2)10(13-12)9-7-5-3-4-6-8-9/h7,10-11,13H,3-6,8,12H2,1-2H3. The fraction of sp³-hybridized carbons (Fsp3) is 0.818. The van der Waals surface area contributed by atoms with Crippen LogP contribution in [0.5, 0.6) is 0 Å². The third-order valence-electron chi connectivity index (χ3n) is 2.89. The van der Waals surface area contributed by atoms with E-state index in [1.807, 2.05) is 0 Å². The van der Waals surface area contributed by atoms with Crippen LogP contribution in [0.15, 0.2) is 11.6 Å². The molecule has 0 aromatic heterocycles. The van der Waals surface area contributed by atoms with Crippen LogP contribution in [0.25, 0.3) is 0 Å². The zero-order chi connectivity index (χ0) is 11.1. The normalized spacial score (nSPS) is 19.9. The van der Waals surface area contributed by atoms with Crippen LogP contribution in [0.3, 0.4) is 0 Å². The van der Waals surface area contributed by atoms with Gasteiger partial charge in [0.15, 0.2) is 6.29 Å². The second-order valence-electron chi connectivity index (χ2n) is 3.86. The van der Waals surface area contributed by atoms with Gasteiger partial charge in [0.05, 0.1) is 6.04 Å². The second kappa shape index (κ2) is 6.95. The number of hydrogen-bond donors (Lipinski definition) is 2. The van der Waals surface area contributed by atoms with Gasteiger partial charge in [-0.2, -0.15) is 0 Å². The lowest BCUT2D eigenvalue weighted by Gasteiger charge is -2.26. The molecule has 0 saturated heterocycles. The van der Waals surface area contributed by atoms with E-state index in [9.17, 15) is 0 Å². The maximum atomic E-state index is 5.56. The van der Waals surface area contributed by atoms with E-state index in [1.165, 1.54) is 24.8 Å². The number of nitrogens with one attached hydrogen (secondary N) is 1. The van der Waals surface area contributed by atoms with Gasteiger partial charge in [-0.3, -0.25) is 5.84 Å². The molecule has 1 atom stereocenters. The van der Waals surface area contributed by atoms with Crippen LogP contribution in [-0.2, 0) is 9.47 Å². The number of rotatable bonds is 5. The summed E-state index contributed by atoms with van der Waals surface area (Å²) in [5.74, 6) is 5.56. The average Bonchev–Trinajstić information content (AvgIpc) is 2.54. The van der Waals surface area contributed by atoms with Gasteiger partial charge < -0.3 is 9.47 Å². The highest BCUT2D eigenvalue weighted by Gasteiger charge is 2.23. The highest BCUT2D eigenvalue weighted by molar-refractivity contribution is 5.13. The summed E-state index contributed by atoms with van der Waals surface area (Å²) in [6, 6.07) is -0.0295. The van der Waals surface area contributed by atoms with Crippen LogP contribution < -0.4 is 11.3 Å². The number of methoxy groups -OCH3 is 2. The molecule has 15 heavy (non-hydrogen) atoms. The Morgan fingerprint density at radius 3 is 2.60 bits per heavy atom. The lowest BCUT2D eigenvalue weighted by atomic mass is 10.0. The molecule has 3 N–H and O–H groups in total. The number of allylic oxidation sites excluding steroid dienone is 1. The number of ether oxygens (including phenoxy) is 2. The van der Waals surface area contributed by atoms with Crippen molar-refractivity contribution in [2.75, 3.05) is 14.2 Å². The lowest BCUT2D eigenvalue weighted by Crippen LogP contribution is -2.47. The molecule has 0 aromatic rings. The summed E-state index contributed by atoms with van der Waals surface area (Å²) >= 11 is 0. The van der Waals surface area contributed by atoms with E-state index in [4.69, 9.17) is 15.3 Å². The van der Waals surface area contributed by atoms with Crippen molar-refractivity contribution in [3.63, 3.8) is 0 Å². The molecule has 0 amide bonds. The Bertz CT molecular complexity index is 203. The van der Waals surface area contributed by atoms with E-state index in [0.717, 1.165) is 12.8 Å². The van der Waals surface area contributed by atoms with Gasteiger partial charge in [0.1, 0.15) is 0 Å². The van der Waals surface area contributed by atoms with Crippen LogP contribution in [0.4, 0.5) is 0 Å². The highest BCUT2D eigenvalue weighted by atomic mass is 16.7. The maximum absolute atomic E-state index is 5.56. The molecule has 0 radical (unpaired) electrons. The molecule has 4 nitrogen and oxygen atoms in total. The Labute approximate surface area is 91.8 Å². The fourth-order valence-corrected chi connectivity index (χ4v) is 2.05. The first-order chi connectivity index (χ1) is 7.33.